The van der Waals surface area contributed by atoms with Crippen molar-refractivity contribution in [2.75, 3.05) is 26.1 Å². The van der Waals surface area contributed by atoms with E-state index in [0.29, 0.717) is 39.7 Å². The molecule has 2 N–H and O–H groups in total. The number of carbonyl (C=O) groups excluding carboxylic acids is 1. The number of phenolic OH excluding ortho intramolecular Hbond substituents is 1. The van der Waals surface area contributed by atoms with Crippen molar-refractivity contribution in [2.45, 2.75) is 45.6 Å². The lowest BCUT2D eigenvalue weighted by Crippen LogP contribution is -2.17. The van der Waals surface area contributed by atoms with Gasteiger partial charge < -0.3 is 24.6 Å². The van der Waals surface area contributed by atoms with E-state index in [1.165, 1.54) is 38.4 Å². The van der Waals surface area contributed by atoms with Gasteiger partial charge in [0.15, 0.2) is 16.5 Å². The molecule has 1 aliphatic carbocycles. The third-order valence-electron chi connectivity index (χ3n) is 5.61. The molecule has 1 aromatic carbocycles. The fourth-order valence-electron chi connectivity index (χ4n) is 4.06. The zero-order valence-electron chi connectivity index (χ0n) is 18.2. The normalized spacial score (nSPS) is 14.2. The number of anilines is 1. The number of nitrogens with one attached hydrogen (secondary N) is 1. The predicted molar refractivity (Wildman–Crippen MR) is 120 cm³/mol. The van der Waals surface area contributed by atoms with Gasteiger partial charge in [-0.2, -0.15) is 0 Å². The summed E-state index contributed by atoms with van der Waals surface area (Å²) in [5.74, 6) is 1.04. The summed E-state index contributed by atoms with van der Waals surface area (Å²) in [6.45, 7) is 4.02. The van der Waals surface area contributed by atoms with Crippen molar-refractivity contribution < 1.29 is 24.1 Å². The summed E-state index contributed by atoms with van der Waals surface area (Å²) < 4.78 is 17.9. The van der Waals surface area contributed by atoms with Crippen LogP contribution in [-0.4, -0.2) is 47.3 Å². The van der Waals surface area contributed by atoms with Gasteiger partial charge in [-0.1, -0.05) is 24.2 Å². The quantitative estimate of drug-likeness (QED) is 0.512. The maximum atomic E-state index is 12.4. The van der Waals surface area contributed by atoms with Gasteiger partial charge in [-0.25, -0.2) is 9.78 Å². The second-order valence-electron chi connectivity index (χ2n) is 7.52. The van der Waals surface area contributed by atoms with Crippen LogP contribution in [0.4, 0.5) is 5.82 Å². The van der Waals surface area contributed by atoms with Crippen molar-refractivity contribution in [1.29, 1.82) is 0 Å². The van der Waals surface area contributed by atoms with Crippen molar-refractivity contribution >= 4 is 28.1 Å². The molecule has 9 heteroatoms. The van der Waals surface area contributed by atoms with Crippen LogP contribution < -0.4 is 14.8 Å². The van der Waals surface area contributed by atoms with E-state index in [1.807, 2.05) is 11.3 Å². The van der Waals surface area contributed by atoms with Gasteiger partial charge in [0.1, 0.15) is 16.4 Å². The Bertz CT molecular complexity index is 1090. The highest BCUT2D eigenvalue weighted by Gasteiger charge is 2.27. The summed E-state index contributed by atoms with van der Waals surface area (Å²) in [5, 5.41) is 14.0. The molecule has 0 atom stereocenters. The highest BCUT2D eigenvalue weighted by atomic mass is 32.1. The summed E-state index contributed by atoms with van der Waals surface area (Å²) in [4.78, 5) is 18.5. The number of esters is 1. The number of hydrogen-bond acceptors (Lipinski definition) is 8. The molecule has 1 aliphatic rings. The number of thiazole rings is 1. The van der Waals surface area contributed by atoms with Gasteiger partial charge >= 0.3 is 5.97 Å². The minimum absolute atomic E-state index is 0.0548. The number of phenols is 1. The zero-order valence-corrected chi connectivity index (χ0v) is 19.0. The molecule has 0 unspecified atom stereocenters. The molecule has 3 aromatic rings. The van der Waals surface area contributed by atoms with Crippen molar-refractivity contribution in [3.8, 4) is 28.5 Å². The Labute approximate surface area is 184 Å². The van der Waals surface area contributed by atoms with Gasteiger partial charge in [0, 0.05) is 17.3 Å². The number of aromatic nitrogens is 2. The topological polar surface area (TPSA) is 94.3 Å². The Hall–Kier alpha value is -2.94. The van der Waals surface area contributed by atoms with E-state index in [4.69, 9.17) is 19.2 Å². The Kier molecular flexibility index (Phi) is 5.95. The number of aromatic hydroxyl groups is 1. The van der Waals surface area contributed by atoms with Gasteiger partial charge in [-0.15, -0.1) is 0 Å². The minimum atomic E-state index is -0.336. The monoisotopic (exact) mass is 445 g/mol. The first kappa shape index (κ1) is 21.3. The van der Waals surface area contributed by atoms with E-state index >= 15 is 0 Å². The van der Waals surface area contributed by atoms with E-state index in [1.54, 1.807) is 19.1 Å². The Morgan fingerprint density at radius 1 is 1.26 bits per heavy atom. The summed E-state index contributed by atoms with van der Waals surface area (Å²) >= 11 is 1.31. The van der Waals surface area contributed by atoms with Gasteiger partial charge in [0.2, 0.25) is 5.75 Å². The molecule has 0 saturated heterocycles. The van der Waals surface area contributed by atoms with Crippen LogP contribution in [0.15, 0.2) is 12.1 Å². The summed E-state index contributed by atoms with van der Waals surface area (Å²) in [5.41, 5.74) is 2.25. The lowest BCUT2D eigenvalue weighted by Gasteiger charge is -2.16. The van der Waals surface area contributed by atoms with Gasteiger partial charge in [-0.3, -0.25) is 4.40 Å². The van der Waals surface area contributed by atoms with Crippen molar-refractivity contribution in [3.05, 3.63) is 22.7 Å². The van der Waals surface area contributed by atoms with Crippen molar-refractivity contribution in [1.82, 2.24) is 9.38 Å². The molecule has 31 heavy (non-hydrogen) atoms. The molecule has 8 nitrogen and oxygen atoms in total. The Morgan fingerprint density at radius 3 is 2.48 bits per heavy atom. The van der Waals surface area contributed by atoms with Crippen molar-refractivity contribution in [3.63, 3.8) is 0 Å². The van der Waals surface area contributed by atoms with Gasteiger partial charge in [0.05, 0.1) is 20.8 Å². The van der Waals surface area contributed by atoms with Gasteiger partial charge in [0.25, 0.3) is 0 Å². The smallest absolute Gasteiger partial charge is 0.350 e. The molecule has 2 aromatic heterocycles. The van der Waals surface area contributed by atoms with Crippen LogP contribution in [0, 0.1) is 6.92 Å². The molecule has 0 aliphatic heterocycles. The van der Waals surface area contributed by atoms with E-state index in [-0.39, 0.29) is 11.7 Å². The first-order chi connectivity index (χ1) is 15.0. The second kappa shape index (κ2) is 8.66. The van der Waals surface area contributed by atoms with Crippen LogP contribution in [0.5, 0.6) is 17.2 Å². The highest BCUT2D eigenvalue weighted by molar-refractivity contribution is 7.19. The number of hydrogen-bond donors (Lipinski definition) is 2. The number of fused-ring (bicyclic) bond motifs is 1. The molecule has 0 bridgehead atoms. The van der Waals surface area contributed by atoms with E-state index in [9.17, 15) is 9.90 Å². The molecule has 1 fully saturated rings. The Morgan fingerprint density at radius 2 is 1.90 bits per heavy atom. The lowest BCUT2D eigenvalue weighted by atomic mass is 10.1. The largest absolute Gasteiger partial charge is 0.502 e. The maximum Gasteiger partial charge on any atom is 0.350 e. The third-order valence-corrected chi connectivity index (χ3v) is 6.74. The molecule has 4 rings (SSSR count). The van der Waals surface area contributed by atoms with Crippen LogP contribution in [0.1, 0.15) is 48.0 Å². The molecule has 166 valence electrons. The van der Waals surface area contributed by atoms with Crippen LogP contribution in [0.3, 0.4) is 0 Å². The third kappa shape index (κ3) is 3.78. The first-order valence-electron chi connectivity index (χ1n) is 10.4. The van der Waals surface area contributed by atoms with Crippen LogP contribution in [-0.2, 0) is 4.74 Å². The molecular weight excluding hydrogens is 418 g/mol. The van der Waals surface area contributed by atoms with E-state index in [2.05, 4.69) is 5.32 Å². The van der Waals surface area contributed by atoms with Crippen LogP contribution in [0.25, 0.3) is 16.2 Å². The summed E-state index contributed by atoms with van der Waals surface area (Å²) in [7, 11) is 2.99. The molecule has 0 spiro atoms. The number of benzene rings is 1. The molecular formula is C22H27N3O5S. The fraction of sp³-hybridized carbons (Fsp3) is 0.455. The fourth-order valence-corrected chi connectivity index (χ4v) is 5.08. The zero-order chi connectivity index (χ0) is 22.1. The number of aryl methyl sites for hydroxylation is 1. The molecule has 0 amide bonds. The maximum absolute atomic E-state index is 12.4. The second-order valence-corrected chi connectivity index (χ2v) is 8.50. The highest BCUT2D eigenvalue weighted by Crippen LogP contribution is 2.43. The number of nitrogens with zero attached hydrogens (tertiary/aromatic N) is 2. The number of imidazole rings is 1. The number of carbonyl (C=O) groups is 1. The number of ether oxygens (including phenoxy) is 3. The minimum Gasteiger partial charge on any atom is -0.502 e. The molecule has 1 saturated carbocycles. The van der Waals surface area contributed by atoms with E-state index in [0.717, 1.165) is 29.9 Å². The number of rotatable bonds is 7. The van der Waals surface area contributed by atoms with Gasteiger partial charge in [-0.05, 0) is 38.8 Å². The first-order valence-corrected chi connectivity index (χ1v) is 11.2. The van der Waals surface area contributed by atoms with Crippen molar-refractivity contribution in [2.24, 2.45) is 0 Å². The molecule has 2 heterocycles. The summed E-state index contributed by atoms with van der Waals surface area (Å²) in [6, 6.07) is 3.82. The summed E-state index contributed by atoms with van der Waals surface area (Å²) in [6.07, 6.45) is 4.55. The average molecular weight is 446 g/mol. The average Bonchev–Trinajstić information content (AvgIpc) is 3.47. The number of methoxy groups -OCH3 is 2. The molecule has 0 radical (unpaired) electrons. The van der Waals surface area contributed by atoms with Crippen LogP contribution >= 0.6 is 11.3 Å². The standard InChI is InChI=1S/C22H27N3O5S/c1-5-30-21(27)19-12(2)25-20(23-14-8-6-7-9-14)17(24-22(25)31-19)13-10-15(28-3)18(26)16(11-13)29-4/h10-11,14,23,26H,5-9H2,1-4H3. The Balaban J connectivity index is 1.89. The SMILES string of the molecule is CCOC(=O)c1sc2nc(-c3cc(OC)c(O)c(OC)c3)c(NC3CCCC3)n2c1C. The lowest BCUT2D eigenvalue weighted by molar-refractivity contribution is 0.0531. The predicted octanol–water partition coefficient (Wildman–Crippen LogP) is 4.63. The van der Waals surface area contributed by atoms with E-state index < -0.39 is 0 Å². The van der Waals surface area contributed by atoms with Crippen LogP contribution in [0.2, 0.25) is 0 Å².